The summed E-state index contributed by atoms with van der Waals surface area (Å²) in [6, 6.07) is 0. The highest BCUT2D eigenvalue weighted by Gasteiger charge is 2.23. The molecule has 0 bridgehead atoms. The first-order valence-electron chi connectivity index (χ1n) is 4.44. The molecule has 0 radical (unpaired) electrons. The van der Waals surface area contributed by atoms with Crippen LogP contribution in [0.15, 0.2) is 16.6 Å². The molecule has 0 aliphatic carbocycles. The molecule has 0 unspecified atom stereocenters. The Labute approximate surface area is 74.8 Å². The molecular weight excluding hydrogens is 148 g/mol. The van der Waals surface area contributed by atoms with Crippen LogP contribution in [0.1, 0.15) is 20.8 Å². The molecule has 1 N–H and O–H groups in total. The summed E-state index contributed by atoms with van der Waals surface area (Å²) in [5.41, 5.74) is 2.87. The molecule has 1 aliphatic heterocycles. The maximum absolute atomic E-state index is 4.43. The van der Waals surface area contributed by atoms with Gasteiger partial charge in [0.15, 0.2) is 0 Å². The molecular formula is C10H18N2. The molecule has 2 heteroatoms. The molecule has 0 spiro atoms. The van der Waals surface area contributed by atoms with E-state index in [4.69, 9.17) is 0 Å². The second-order valence-electron chi connectivity index (χ2n) is 4.19. The second kappa shape index (κ2) is 3.40. The molecule has 0 aromatic heterocycles. The number of hydrogen-bond acceptors (Lipinski definition) is 2. The zero-order valence-corrected chi connectivity index (χ0v) is 8.44. The van der Waals surface area contributed by atoms with E-state index in [1.807, 2.05) is 7.05 Å². The minimum atomic E-state index is 0.242. The number of nitrogens with zero attached hydrogens (tertiary/aromatic N) is 1. The summed E-state index contributed by atoms with van der Waals surface area (Å²) in [6.45, 7) is 8.45. The first-order valence-corrected chi connectivity index (χ1v) is 4.44. The average molecular weight is 166 g/mol. The average Bonchev–Trinajstić information content (AvgIpc) is 2.34. The Morgan fingerprint density at radius 3 is 2.67 bits per heavy atom. The van der Waals surface area contributed by atoms with Crippen LogP contribution in [0.2, 0.25) is 0 Å². The van der Waals surface area contributed by atoms with E-state index in [2.05, 4.69) is 37.2 Å². The van der Waals surface area contributed by atoms with E-state index in [0.29, 0.717) is 0 Å². The maximum atomic E-state index is 4.43. The van der Waals surface area contributed by atoms with E-state index < -0.39 is 0 Å². The molecule has 2 nitrogen and oxygen atoms in total. The van der Waals surface area contributed by atoms with Gasteiger partial charge in [-0.2, -0.15) is 0 Å². The van der Waals surface area contributed by atoms with Gasteiger partial charge < -0.3 is 5.32 Å². The van der Waals surface area contributed by atoms with Gasteiger partial charge in [0.1, 0.15) is 0 Å². The summed E-state index contributed by atoms with van der Waals surface area (Å²) in [7, 11) is 1.96. The van der Waals surface area contributed by atoms with Gasteiger partial charge in [-0.15, -0.1) is 0 Å². The van der Waals surface area contributed by atoms with Crippen molar-refractivity contribution in [3.8, 4) is 0 Å². The fraction of sp³-hybridized carbons (Fsp3) is 0.700. The van der Waals surface area contributed by atoms with Gasteiger partial charge in [-0.05, 0) is 18.0 Å². The predicted molar refractivity (Wildman–Crippen MR) is 53.8 cm³/mol. The lowest BCUT2D eigenvalue weighted by molar-refractivity contribution is 0.524. The van der Waals surface area contributed by atoms with Crippen LogP contribution in [0.4, 0.5) is 0 Å². The van der Waals surface area contributed by atoms with Gasteiger partial charge in [-0.25, -0.2) is 0 Å². The lowest BCUT2D eigenvalue weighted by Gasteiger charge is -2.21. The highest BCUT2D eigenvalue weighted by Crippen LogP contribution is 2.28. The van der Waals surface area contributed by atoms with Crippen LogP contribution < -0.4 is 5.32 Å². The molecule has 0 fully saturated rings. The van der Waals surface area contributed by atoms with Crippen molar-refractivity contribution in [2.45, 2.75) is 20.8 Å². The van der Waals surface area contributed by atoms with E-state index >= 15 is 0 Å². The van der Waals surface area contributed by atoms with Crippen molar-refractivity contribution in [1.29, 1.82) is 0 Å². The Morgan fingerprint density at radius 1 is 1.50 bits per heavy atom. The molecule has 0 aromatic rings. The van der Waals surface area contributed by atoms with Crippen molar-refractivity contribution in [3.05, 3.63) is 11.6 Å². The summed E-state index contributed by atoms with van der Waals surface area (Å²) in [5.74, 6) is 0. The zero-order chi connectivity index (χ0) is 9.19. The van der Waals surface area contributed by atoms with Gasteiger partial charge in [-0.1, -0.05) is 26.8 Å². The van der Waals surface area contributed by atoms with Crippen LogP contribution in [-0.4, -0.2) is 25.8 Å². The van der Waals surface area contributed by atoms with Gasteiger partial charge in [0.25, 0.3) is 0 Å². The molecule has 0 aromatic carbocycles. The second-order valence-corrected chi connectivity index (χ2v) is 4.19. The molecule has 1 rings (SSSR count). The number of rotatable bonds is 2. The van der Waals surface area contributed by atoms with E-state index in [1.54, 1.807) is 0 Å². The third-order valence-electron chi connectivity index (χ3n) is 2.04. The molecule has 68 valence electrons. The van der Waals surface area contributed by atoms with E-state index in [9.17, 15) is 0 Å². The molecule has 1 aliphatic rings. The van der Waals surface area contributed by atoms with Crippen molar-refractivity contribution in [3.63, 3.8) is 0 Å². The highest BCUT2D eigenvalue weighted by molar-refractivity contribution is 6.04. The number of nitrogens with one attached hydrogen (secondary N) is 1. The Balaban J connectivity index is 2.73. The monoisotopic (exact) mass is 166 g/mol. The normalized spacial score (nSPS) is 17.7. The zero-order valence-electron chi connectivity index (χ0n) is 8.44. The minimum Gasteiger partial charge on any atom is -0.314 e. The largest absolute Gasteiger partial charge is 0.314 e. The van der Waals surface area contributed by atoms with Crippen LogP contribution in [-0.2, 0) is 0 Å². The molecule has 0 amide bonds. The molecule has 0 saturated carbocycles. The van der Waals surface area contributed by atoms with E-state index in [1.165, 1.54) is 11.3 Å². The molecule has 0 atom stereocenters. The summed E-state index contributed by atoms with van der Waals surface area (Å²) >= 11 is 0. The summed E-state index contributed by atoms with van der Waals surface area (Å²) in [4.78, 5) is 4.43. The highest BCUT2D eigenvalue weighted by atomic mass is 14.9. The van der Waals surface area contributed by atoms with Gasteiger partial charge in [0, 0.05) is 6.54 Å². The van der Waals surface area contributed by atoms with Crippen LogP contribution in [0.3, 0.4) is 0 Å². The van der Waals surface area contributed by atoms with Crippen LogP contribution in [0.25, 0.3) is 0 Å². The van der Waals surface area contributed by atoms with Gasteiger partial charge >= 0.3 is 0 Å². The Hall–Kier alpha value is -0.630. The predicted octanol–water partition coefficient (Wildman–Crippen LogP) is 1.63. The Morgan fingerprint density at radius 2 is 2.17 bits per heavy atom. The Kier molecular flexibility index (Phi) is 2.68. The Bertz CT molecular complexity index is 218. The third kappa shape index (κ3) is 1.95. The first-order chi connectivity index (χ1) is 5.55. The van der Waals surface area contributed by atoms with Crippen LogP contribution in [0.5, 0.6) is 0 Å². The standard InChI is InChI=1S/C10H18N2/c1-10(2,3)8-5-6-12-9(8)7-11-4/h5,11H,6-7H2,1-4H3. The fourth-order valence-electron chi connectivity index (χ4n) is 1.51. The van der Waals surface area contributed by atoms with Crippen molar-refractivity contribution in [1.82, 2.24) is 5.32 Å². The van der Waals surface area contributed by atoms with Crippen molar-refractivity contribution >= 4 is 5.71 Å². The lowest BCUT2D eigenvalue weighted by Crippen LogP contribution is -2.25. The van der Waals surface area contributed by atoms with Gasteiger partial charge in [0.2, 0.25) is 0 Å². The topological polar surface area (TPSA) is 24.4 Å². The van der Waals surface area contributed by atoms with Crippen molar-refractivity contribution in [2.24, 2.45) is 10.4 Å². The smallest absolute Gasteiger partial charge is 0.0580 e. The van der Waals surface area contributed by atoms with E-state index in [0.717, 1.165) is 13.1 Å². The fourth-order valence-corrected chi connectivity index (χ4v) is 1.51. The van der Waals surface area contributed by atoms with E-state index in [-0.39, 0.29) is 5.41 Å². The molecule has 1 heterocycles. The van der Waals surface area contributed by atoms with Gasteiger partial charge in [0.05, 0.1) is 12.3 Å². The van der Waals surface area contributed by atoms with Crippen LogP contribution in [0, 0.1) is 5.41 Å². The van der Waals surface area contributed by atoms with Crippen molar-refractivity contribution < 1.29 is 0 Å². The SMILES string of the molecule is CNCC1=NCC=C1C(C)(C)C. The molecule has 12 heavy (non-hydrogen) atoms. The number of hydrogen-bond donors (Lipinski definition) is 1. The lowest BCUT2D eigenvalue weighted by atomic mass is 9.84. The summed E-state index contributed by atoms with van der Waals surface area (Å²) < 4.78 is 0. The summed E-state index contributed by atoms with van der Waals surface area (Å²) in [5, 5.41) is 3.14. The number of aliphatic imine (C=N–C) groups is 1. The minimum absolute atomic E-state index is 0.242. The third-order valence-corrected chi connectivity index (χ3v) is 2.04. The molecule has 0 saturated heterocycles. The van der Waals surface area contributed by atoms with Gasteiger partial charge in [-0.3, -0.25) is 4.99 Å². The quantitative estimate of drug-likeness (QED) is 0.662. The summed E-state index contributed by atoms with van der Waals surface area (Å²) in [6.07, 6.45) is 2.23. The first kappa shape index (κ1) is 9.46. The van der Waals surface area contributed by atoms with Crippen LogP contribution >= 0.6 is 0 Å². The van der Waals surface area contributed by atoms with Crippen molar-refractivity contribution in [2.75, 3.05) is 20.1 Å². The maximum Gasteiger partial charge on any atom is 0.0580 e.